The van der Waals surface area contributed by atoms with Crippen LogP contribution in [0, 0.1) is 0 Å². The van der Waals surface area contributed by atoms with Crippen LogP contribution < -0.4 is 5.43 Å². The van der Waals surface area contributed by atoms with Gasteiger partial charge in [0.1, 0.15) is 6.29 Å². The maximum Gasteiger partial charge on any atom is 0.138 e. The molecular weight excluding hydrogens is 116 g/mol. The largest absolute Gasteiger partial charge is 0.302 e. The molecule has 1 rings (SSSR count). The minimum absolute atomic E-state index is 0.120. The molecule has 0 bridgehead atoms. The van der Waals surface area contributed by atoms with Crippen LogP contribution in [0.4, 0.5) is 0 Å². The summed E-state index contributed by atoms with van der Waals surface area (Å²) in [4.78, 5) is 10.3. The van der Waals surface area contributed by atoms with E-state index in [1.54, 1.807) is 0 Å². The van der Waals surface area contributed by atoms with Gasteiger partial charge in [0.25, 0.3) is 0 Å². The number of hydrogen-bond acceptors (Lipinski definition) is 3. The first-order valence-electron chi connectivity index (χ1n) is 3.28. The molecule has 0 saturated carbocycles. The van der Waals surface area contributed by atoms with Gasteiger partial charge in [-0.1, -0.05) is 0 Å². The Labute approximate surface area is 55.0 Å². The maximum atomic E-state index is 10.3. The van der Waals surface area contributed by atoms with Crippen molar-refractivity contribution in [2.45, 2.75) is 18.9 Å². The van der Waals surface area contributed by atoms with Gasteiger partial charge in [-0.3, -0.25) is 5.43 Å². The molecule has 3 nitrogen and oxygen atoms in total. The number of carbonyl (C=O) groups excluding carboxylic acids is 1. The molecule has 9 heavy (non-hydrogen) atoms. The van der Waals surface area contributed by atoms with E-state index >= 15 is 0 Å². The summed E-state index contributed by atoms with van der Waals surface area (Å²) in [6, 6.07) is 0.120. The van der Waals surface area contributed by atoms with Crippen LogP contribution in [0.1, 0.15) is 12.8 Å². The normalized spacial score (nSPS) is 28.8. The minimum Gasteiger partial charge on any atom is -0.302 e. The molecule has 0 aliphatic carbocycles. The average Bonchev–Trinajstić information content (AvgIpc) is 2.33. The lowest BCUT2D eigenvalue weighted by Crippen LogP contribution is -2.39. The van der Waals surface area contributed by atoms with Crippen LogP contribution in [-0.2, 0) is 4.79 Å². The Kier molecular flexibility index (Phi) is 2.19. The van der Waals surface area contributed by atoms with Gasteiger partial charge in [-0.2, -0.15) is 0 Å². The Morgan fingerprint density at radius 2 is 2.56 bits per heavy atom. The molecule has 0 aromatic heterocycles. The van der Waals surface area contributed by atoms with Crippen molar-refractivity contribution in [3.8, 4) is 0 Å². The van der Waals surface area contributed by atoms with Gasteiger partial charge in [0.2, 0.25) is 0 Å². The second kappa shape index (κ2) is 2.94. The van der Waals surface area contributed by atoms with Crippen molar-refractivity contribution in [1.29, 1.82) is 0 Å². The summed E-state index contributed by atoms with van der Waals surface area (Å²) in [6.07, 6.45) is 3.14. The summed E-state index contributed by atoms with van der Waals surface area (Å²) in [5.41, 5.74) is 2.97. The van der Waals surface area contributed by atoms with Gasteiger partial charge in [0.15, 0.2) is 0 Å². The molecule has 1 aliphatic heterocycles. The third kappa shape index (κ3) is 1.28. The van der Waals surface area contributed by atoms with Gasteiger partial charge in [-0.25, -0.2) is 5.01 Å². The van der Waals surface area contributed by atoms with E-state index in [4.69, 9.17) is 0 Å². The second-order valence-corrected chi connectivity index (χ2v) is 2.26. The molecule has 1 aliphatic rings. The molecule has 0 aromatic rings. The zero-order valence-electron chi connectivity index (χ0n) is 5.63. The van der Waals surface area contributed by atoms with Gasteiger partial charge < -0.3 is 4.79 Å². The number of nitrogens with zero attached hydrogens (tertiary/aromatic N) is 1. The standard InChI is InChI=1S/C6H12N2O/c1-7-8-4-2-3-6(8)5-9/h5-7H,2-4H2,1H3. The van der Waals surface area contributed by atoms with Crippen LogP contribution >= 0.6 is 0 Å². The Bertz CT molecular complexity index is 105. The van der Waals surface area contributed by atoms with E-state index in [1.807, 2.05) is 12.1 Å². The minimum atomic E-state index is 0.120. The van der Waals surface area contributed by atoms with E-state index in [1.165, 1.54) is 0 Å². The summed E-state index contributed by atoms with van der Waals surface area (Å²) in [5.74, 6) is 0. The van der Waals surface area contributed by atoms with Crippen LogP contribution in [0.3, 0.4) is 0 Å². The molecule has 0 spiro atoms. The molecule has 1 unspecified atom stereocenters. The van der Waals surface area contributed by atoms with Gasteiger partial charge in [0.05, 0.1) is 6.04 Å². The summed E-state index contributed by atoms with van der Waals surface area (Å²) in [7, 11) is 1.85. The molecule has 1 atom stereocenters. The summed E-state index contributed by atoms with van der Waals surface area (Å²) in [5, 5.41) is 1.97. The molecule has 52 valence electrons. The number of rotatable bonds is 2. The van der Waals surface area contributed by atoms with Gasteiger partial charge >= 0.3 is 0 Å². The lowest BCUT2D eigenvalue weighted by atomic mass is 10.2. The molecule has 1 fully saturated rings. The Morgan fingerprint density at radius 3 is 3.00 bits per heavy atom. The molecule has 0 radical (unpaired) electrons. The fourth-order valence-electron chi connectivity index (χ4n) is 1.21. The quantitative estimate of drug-likeness (QED) is 0.522. The van der Waals surface area contributed by atoms with E-state index in [-0.39, 0.29) is 6.04 Å². The van der Waals surface area contributed by atoms with E-state index in [0.717, 1.165) is 25.7 Å². The lowest BCUT2D eigenvalue weighted by molar-refractivity contribution is -0.112. The number of carbonyl (C=O) groups is 1. The van der Waals surface area contributed by atoms with Crippen molar-refractivity contribution in [3.05, 3.63) is 0 Å². The van der Waals surface area contributed by atoms with Crippen molar-refractivity contribution in [3.63, 3.8) is 0 Å². The highest BCUT2D eigenvalue weighted by atomic mass is 16.1. The molecule has 0 amide bonds. The maximum absolute atomic E-state index is 10.3. The van der Waals surface area contributed by atoms with Gasteiger partial charge in [0, 0.05) is 6.54 Å². The topological polar surface area (TPSA) is 32.3 Å². The fourth-order valence-corrected chi connectivity index (χ4v) is 1.21. The van der Waals surface area contributed by atoms with Crippen LogP contribution in [-0.4, -0.2) is 30.9 Å². The predicted octanol–water partition coefficient (Wildman–Crippen LogP) is -0.216. The average molecular weight is 128 g/mol. The zero-order chi connectivity index (χ0) is 6.69. The highest BCUT2D eigenvalue weighted by Crippen LogP contribution is 2.11. The lowest BCUT2D eigenvalue weighted by Gasteiger charge is -2.17. The molecule has 1 saturated heterocycles. The first-order chi connectivity index (χ1) is 4.38. The Hall–Kier alpha value is -0.410. The van der Waals surface area contributed by atoms with Crippen molar-refractivity contribution in [2.24, 2.45) is 0 Å². The molecular formula is C6H12N2O. The van der Waals surface area contributed by atoms with E-state index in [2.05, 4.69) is 5.43 Å². The smallest absolute Gasteiger partial charge is 0.138 e. The van der Waals surface area contributed by atoms with E-state index in [9.17, 15) is 4.79 Å². The first kappa shape index (κ1) is 6.71. The number of hydrazine groups is 1. The predicted molar refractivity (Wildman–Crippen MR) is 34.9 cm³/mol. The highest BCUT2D eigenvalue weighted by Gasteiger charge is 2.21. The van der Waals surface area contributed by atoms with Crippen LogP contribution in [0.2, 0.25) is 0 Å². The first-order valence-corrected chi connectivity index (χ1v) is 3.28. The van der Waals surface area contributed by atoms with Crippen molar-refractivity contribution >= 4 is 6.29 Å². The Morgan fingerprint density at radius 1 is 1.78 bits per heavy atom. The monoisotopic (exact) mass is 128 g/mol. The second-order valence-electron chi connectivity index (χ2n) is 2.26. The third-order valence-corrected chi connectivity index (χ3v) is 1.74. The highest BCUT2D eigenvalue weighted by molar-refractivity contribution is 5.57. The van der Waals surface area contributed by atoms with Crippen molar-refractivity contribution < 1.29 is 4.79 Å². The summed E-state index contributed by atoms with van der Waals surface area (Å²) < 4.78 is 0. The molecule has 0 aromatic carbocycles. The third-order valence-electron chi connectivity index (χ3n) is 1.74. The summed E-state index contributed by atoms with van der Waals surface area (Å²) in [6.45, 7) is 1.000. The van der Waals surface area contributed by atoms with Crippen molar-refractivity contribution in [1.82, 2.24) is 10.4 Å². The number of nitrogens with one attached hydrogen (secondary N) is 1. The van der Waals surface area contributed by atoms with Gasteiger partial charge in [-0.15, -0.1) is 0 Å². The van der Waals surface area contributed by atoms with Crippen LogP contribution in [0.25, 0.3) is 0 Å². The number of hydrogen-bond donors (Lipinski definition) is 1. The zero-order valence-corrected chi connectivity index (χ0v) is 5.63. The van der Waals surface area contributed by atoms with Gasteiger partial charge in [-0.05, 0) is 19.9 Å². The van der Waals surface area contributed by atoms with E-state index in [0.29, 0.717) is 0 Å². The number of aldehydes is 1. The fraction of sp³-hybridized carbons (Fsp3) is 0.833. The SMILES string of the molecule is CNN1CCCC1C=O. The summed E-state index contributed by atoms with van der Waals surface area (Å²) >= 11 is 0. The van der Waals surface area contributed by atoms with Crippen molar-refractivity contribution in [2.75, 3.05) is 13.6 Å². The Balaban J connectivity index is 2.41. The molecule has 1 N–H and O–H groups in total. The molecule has 3 heteroatoms. The van der Waals surface area contributed by atoms with E-state index < -0.39 is 0 Å². The van der Waals surface area contributed by atoms with Crippen LogP contribution in [0.15, 0.2) is 0 Å². The van der Waals surface area contributed by atoms with Crippen LogP contribution in [0.5, 0.6) is 0 Å². The molecule has 1 heterocycles.